The zero-order chi connectivity index (χ0) is 14.6. The van der Waals surface area contributed by atoms with Gasteiger partial charge in [0.05, 0.1) is 24.2 Å². The average Bonchev–Trinajstić information content (AvgIpc) is 2.38. The number of rotatable bonds is 4. The molecular formula is C15H28N2O3. The zero-order valence-electron chi connectivity index (χ0n) is 13.0. The van der Waals surface area contributed by atoms with Gasteiger partial charge in [0.15, 0.2) is 0 Å². The molecule has 1 atom stereocenters. The maximum atomic E-state index is 12.3. The van der Waals surface area contributed by atoms with Gasteiger partial charge in [0.25, 0.3) is 0 Å². The highest BCUT2D eigenvalue weighted by Crippen LogP contribution is 2.27. The lowest BCUT2D eigenvalue weighted by Gasteiger charge is -2.38. The van der Waals surface area contributed by atoms with Crippen LogP contribution in [-0.4, -0.2) is 62.4 Å². The van der Waals surface area contributed by atoms with Crippen LogP contribution in [0.5, 0.6) is 0 Å². The van der Waals surface area contributed by atoms with E-state index in [-0.39, 0.29) is 16.9 Å². The van der Waals surface area contributed by atoms with Crippen molar-refractivity contribution in [2.75, 3.05) is 46.0 Å². The number of hydrogen-bond donors (Lipinski definition) is 1. The van der Waals surface area contributed by atoms with E-state index in [0.29, 0.717) is 13.2 Å². The van der Waals surface area contributed by atoms with Crippen molar-refractivity contribution < 1.29 is 14.3 Å². The monoisotopic (exact) mass is 284 g/mol. The first-order valence-corrected chi connectivity index (χ1v) is 7.64. The molecule has 5 heteroatoms. The summed E-state index contributed by atoms with van der Waals surface area (Å²) in [6, 6.07) is 0. The van der Waals surface area contributed by atoms with Crippen molar-refractivity contribution >= 4 is 5.91 Å². The molecule has 0 bridgehead atoms. The molecule has 0 saturated carbocycles. The fraction of sp³-hybridized carbons (Fsp3) is 0.933. The Balaban J connectivity index is 1.71. The first-order chi connectivity index (χ1) is 9.41. The minimum atomic E-state index is -0.345. The van der Waals surface area contributed by atoms with Crippen LogP contribution in [0, 0.1) is 5.41 Å². The van der Waals surface area contributed by atoms with Crippen LogP contribution < -0.4 is 5.32 Å². The Bertz CT molecular complexity index is 338. The fourth-order valence-corrected chi connectivity index (χ4v) is 2.96. The number of amides is 1. The number of carbonyl (C=O) groups excluding carboxylic acids is 1. The largest absolute Gasteiger partial charge is 0.380 e. The van der Waals surface area contributed by atoms with E-state index in [2.05, 4.69) is 24.1 Å². The predicted molar refractivity (Wildman–Crippen MR) is 77.6 cm³/mol. The molecule has 1 N–H and O–H groups in total. The van der Waals surface area contributed by atoms with Gasteiger partial charge < -0.3 is 14.8 Å². The van der Waals surface area contributed by atoms with Gasteiger partial charge in [0.2, 0.25) is 5.91 Å². The van der Waals surface area contributed by atoms with E-state index in [4.69, 9.17) is 9.47 Å². The molecule has 1 amide bonds. The van der Waals surface area contributed by atoms with Crippen molar-refractivity contribution in [3.63, 3.8) is 0 Å². The van der Waals surface area contributed by atoms with Gasteiger partial charge in [-0.2, -0.15) is 0 Å². The van der Waals surface area contributed by atoms with Crippen molar-refractivity contribution in [1.29, 1.82) is 0 Å². The molecule has 2 aliphatic rings. The second-order valence-corrected chi connectivity index (χ2v) is 6.86. The van der Waals surface area contributed by atoms with Gasteiger partial charge in [-0.25, -0.2) is 0 Å². The molecule has 2 saturated heterocycles. The molecule has 0 aromatic rings. The molecular weight excluding hydrogens is 256 g/mol. The summed E-state index contributed by atoms with van der Waals surface area (Å²) in [4.78, 5) is 14.6. The quantitative estimate of drug-likeness (QED) is 0.838. The maximum absolute atomic E-state index is 12.3. The summed E-state index contributed by atoms with van der Waals surface area (Å²) in [6.07, 6.45) is 1.89. The molecule has 0 aromatic heterocycles. The minimum Gasteiger partial charge on any atom is -0.380 e. The Kier molecular flexibility index (Phi) is 5.04. The number of morpholine rings is 1. The minimum absolute atomic E-state index is 0.0779. The van der Waals surface area contributed by atoms with Crippen molar-refractivity contribution in [2.24, 2.45) is 5.41 Å². The van der Waals surface area contributed by atoms with Gasteiger partial charge in [-0.1, -0.05) is 0 Å². The third kappa shape index (κ3) is 4.17. The molecule has 2 heterocycles. The number of hydrogen-bond acceptors (Lipinski definition) is 4. The lowest BCUT2D eigenvalue weighted by molar-refractivity contribution is -0.137. The van der Waals surface area contributed by atoms with E-state index in [0.717, 1.165) is 45.7 Å². The Hall–Kier alpha value is -0.650. The Labute approximate surface area is 122 Å². The number of ether oxygens (including phenoxy) is 2. The molecule has 2 rings (SSSR count). The Morgan fingerprint density at radius 2 is 2.10 bits per heavy atom. The molecule has 5 nitrogen and oxygen atoms in total. The summed E-state index contributed by atoms with van der Waals surface area (Å²) < 4.78 is 11.1. The summed E-state index contributed by atoms with van der Waals surface area (Å²) >= 11 is 0. The zero-order valence-corrected chi connectivity index (χ0v) is 13.0. The van der Waals surface area contributed by atoms with Crippen molar-refractivity contribution in [3.8, 4) is 0 Å². The number of carbonyl (C=O) groups is 1. The smallest absolute Gasteiger partial charge is 0.228 e. The predicted octanol–water partition coefficient (Wildman–Crippen LogP) is 1.03. The summed E-state index contributed by atoms with van der Waals surface area (Å²) in [5, 5.41) is 3.07. The van der Waals surface area contributed by atoms with Crippen LogP contribution in [0.4, 0.5) is 0 Å². The first-order valence-electron chi connectivity index (χ1n) is 7.64. The van der Waals surface area contributed by atoms with Gasteiger partial charge in [-0.05, 0) is 33.6 Å². The molecule has 0 aliphatic carbocycles. The van der Waals surface area contributed by atoms with E-state index in [1.54, 1.807) is 0 Å². The summed E-state index contributed by atoms with van der Waals surface area (Å²) in [5.74, 6) is 0.129. The lowest BCUT2D eigenvalue weighted by Crippen LogP contribution is -2.51. The number of nitrogens with zero attached hydrogens (tertiary/aromatic N) is 1. The highest BCUT2D eigenvalue weighted by molar-refractivity contribution is 5.82. The molecule has 116 valence electrons. The molecule has 1 unspecified atom stereocenters. The number of nitrogens with one attached hydrogen (secondary N) is 1. The summed E-state index contributed by atoms with van der Waals surface area (Å²) in [7, 11) is 0. The standard InChI is InChI=1S/C15H28N2O3/c1-14(2)11-17(8-10-20-14)7-6-16-13(18)15(3)5-4-9-19-12-15/h4-12H2,1-3H3,(H,16,18). The molecule has 2 aliphatic heterocycles. The highest BCUT2D eigenvalue weighted by atomic mass is 16.5. The van der Waals surface area contributed by atoms with Gasteiger partial charge in [-0.3, -0.25) is 9.69 Å². The van der Waals surface area contributed by atoms with E-state index >= 15 is 0 Å². The van der Waals surface area contributed by atoms with E-state index in [1.165, 1.54) is 0 Å². The van der Waals surface area contributed by atoms with Crippen LogP contribution in [0.25, 0.3) is 0 Å². The third-order valence-electron chi connectivity index (χ3n) is 4.20. The second kappa shape index (κ2) is 6.41. The Morgan fingerprint density at radius 3 is 2.75 bits per heavy atom. The van der Waals surface area contributed by atoms with E-state index < -0.39 is 0 Å². The van der Waals surface area contributed by atoms with Gasteiger partial charge in [0.1, 0.15) is 0 Å². The molecule has 0 aromatic carbocycles. The first kappa shape index (κ1) is 15.7. The van der Waals surface area contributed by atoms with Gasteiger partial charge in [0, 0.05) is 32.8 Å². The SMILES string of the molecule is CC1(C)CN(CCNC(=O)C2(C)CCCOC2)CCO1. The van der Waals surface area contributed by atoms with Gasteiger partial charge >= 0.3 is 0 Å². The van der Waals surface area contributed by atoms with Crippen molar-refractivity contribution in [1.82, 2.24) is 10.2 Å². The maximum Gasteiger partial charge on any atom is 0.228 e. The fourth-order valence-electron chi connectivity index (χ4n) is 2.96. The summed E-state index contributed by atoms with van der Waals surface area (Å²) in [5.41, 5.74) is -0.423. The molecule has 0 spiro atoms. The molecule has 2 fully saturated rings. The normalized spacial score (nSPS) is 30.9. The van der Waals surface area contributed by atoms with E-state index in [9.17, 15) is 4.79 Å². The highest BCUT2D eigenvalue weighted by Gasteiger charge is 2.35. The van der Waals surface area contributed by atoms with Gasteiger partial charge in [-0.15, -0.1) is 0 Å². The second-order valence-electron chi connectivity index (χ2n) is 6.86. The average molecular weight is 284 g/mol. The van der Waals surface area contributed by atoms with Crippen LogP contribution in [0.3, 0.4) is 0 Å². The van der Waals surface area contributed by atoms with Crippen LogP contribution in [0.15, 0.2) is 0 Å². The van der Waals surface area contributed by atoms with Crippen LogP contribution in [0.1, 0.15) is 33.6 Å². The van der Waals surface area contributed by atoms with Crippen LogP contribution >= 0.6 is 0 Å². The van der Waals surface area contributed by atoms with Crippen molar-refractivity contribution in [2.45, 2.75) is 39.2 Å². The molecule has 0 radical (unpaired) electrons. The van der Waals surface area contributed by atoms with E-state index in [1.807, 2.05) is 6.92 Å². The van der Waals surface area contributed by atoms with Crippen LogP contribution in [-0.2, 0) is 14.3 Å². The Morgan fingerprint density at radius 1 is 1.30 bits per heavy atom. The summed E-state index contributed by atoms with van der Waals surface area (Å²) in [6.45, 7) is 11.8. The van der Waals surface area contributed by atoms with Crippen LogP contribution in [0.2, 0.25) is 0 Å². The molecule has 20 heavy (non-hydrogen) atoms. The topological polar surface area (TPSA) is 50.8 Å². The lowest BCUT2D eigenvalue weighted by atomic mass is 9.84. The van der Waals surface area contributed by atoms with Crippen molar-refractivity contribution in [3.05, 3.63) is 0 Å². The third-order valence-corrected chi connectivity index (χ3v) is 4.20.